The van der Waals surface area contributed by atoms with Crippen LogP contribution in [-0.2, 0) is 0 Å². The van der Waals surface area contributed by atoms with Gasteiger partial charge in [-0.3, -0.25) is 0 Å². The molecule has 0 spiro atoms. The highest BCUT2D eigenvalue weighted by atomic mass is 19.1. The normalized spacial score (nSPS) is 10.4. The van der Waals surface area contributed by atoms with Gasteiger partial charge in [-0.25, -0.2) is 14.0 Å². The molecule has 0 heterocycles. The first-order valence-electron chi connectivity index (χ1n) is 6.48. The van der Waals surface area contributed by atoms with Crippen molar-refractivity contribution in [3.05, 3.63) is 29.6 Å². The second kappa shape index (κ2) is 7.47. The number of aromatic carboxylic acids is 1. The van der Waals surface area contributed by atoms with Crippen molar-refractivity contribution in [3.63, 3.8) is 0 Å². The van der Waals surface area contributed by atoms with Crippen LogP contribution in [-0.4, -0.2) is 23.7 Å². The molecule has 110 valence electrons. The Morgan fingerprint density at radius 2 is 2.05 bits per heavy atom. The van der Waals surface area contributed by atoms with Crippen molar-refractivity contribution in [3.8, 4) is 0 Å². The van der Waals surface area contributed by atoms with E-state index in [0.717, 1.165) is 31.0 Å². The van der Waals surface area contributed by atoms with E-state index in [-0.39, 0.29) is 11.3 Å². The smallest absolute Gasteiger partial charge is 0.337 e. The summed E-state index contributed by atoms with van der Waals surface area (Å²) in [4.78, 5) is 22.6. The SMILES string of the molecule is CC(C)CCCNC(=O)Nc1cc(F)ccc1C(=O)O. The summed E-state index contributed by atoms with van der Waals surface area (Å²) >= 11 is 0. The molecule has 0 atom stereocenters. The van der Waals surface area contributed by atoms with Gasteiger partial charge in [-0.15, -0.1) is 0 Å². The van der Waals surface area contributed by atoms with Gasteiger partial charge in [0.05, 0.1) is 11.3 Å². The third kappa shape index (κ3) is 5.26. The lowest BCUT2D eigenvalue weighted by molar-refractivity contribution is 0.0698. The Hall–Kier alpha value is -2.11. The van der Waals surface area contributed by atoms with Crippen LogP contribution in [0, 0.1) is 11.7 Å². The van der Waals surface area contributed by atoms with Crippen LogP contribution in [0.15, 0.2) is 18.2 Å². The predicted molar refractivity (Wildman–Crippen MR) is 74.5 cm³/mol. The highest BCUT2D eigenvalue weighted by Crippen LogP contribution is 2.17. The Morgan fingerprint density at radius 3 is 2.65 bits per heavy atom. The van der Waals surface area contributed by atoms with E-state index in [0.29, 0.717) is 12.5 Å². The number of rotatable bonds is 6. The molecule has 3 N–H and O–H groups in total. The molecule has 0 fully saturated rings. The fraction of sp³-hybridized carbons (Fsp3) is 0.429. The summed E-state index contributed by atoms with van der Waals surface area (Å²) in [6.45, 7) is 4.67. The van der Waals surface area contributed by atoms with Crippen molar-refractivity contribution >= 4 is 17.7 Å². The number of carbonyl (C=O) groups excluding carboxylic acids is 1. The molecule has 0 radical (unpaired) electrons. The zero-order valence-electron chi connectivity index (χ0n) is 11.6. The van der Waals surface area contributed by atoms with Crippen LogP contribution in [0.3, 0.4) is 0 Å². The number of hydrogen-bond donors (Lipinski definition) is 3. The first kappa shape index (κ1) is 15.9. The Labute approximate surface area is 117 Å². The molecule has 0 aliphatic rings. The zero-order chi connectivity index (χ0) is 15.1. The highest BCUT2D eigenvalue weighted by molar-refractivity contribution is 5.99. The lowest BCUT2D eigenvalue weighted by Crippen LogP contribution is -2.30. The quantitative estimate of drug-likeness (QED) is 0.701. The van der Waals surface area contributed by atoms with E-state index < -0.39 is 17.8 Å². The molecule has 0 aliphatic carbocycles. The van der Waals surface area contributed by atoms with Gasteiger partial charge in [0.2, 0.25) is 0 Å². The summed E-state index contributed by atoms with van der Waals surface area (Å²) in [5, 5.41) is 13.9. The number of anilines is 1. The van der Waals surface area contributed by atoms with Gasteiger partial charge in [0.25, 0.3) is 0 Å². The van der Waals surface area contributed by atoms with Crippen molar-refractivity contribution in [2.45, 2.75) is 26.7 Å². The van der Waals surface area contributed by atoms with E-state index in [1.54, 1.807) is 0 Å². The van der Waals surface area contributed by atoms with E-state index in [4.69, 9.17) is 5.11 Å². The molecule has 5 nitrogen and oxygen atoms in total. The van der Waals surface area contributed by atoms with Crippen molar-refractivity contribution in [1.29, 1.82) is 0 Å². The van der Waals surface area contributed by atoms with E-state index in [2.05, 4.69) is 24.5 Å². The Balaban J connectivity index is 2.57. The summed E-state index contributed by atoms with van der Waals surface area (Å²) < 4.78 is 13.1. The molecule has 1 rings (SSSR count). The molecule has 6 heteroatoms. The topological polar surface area (TPSA) is 78.4 Å². The van der Waals surface area contributed by atoms with E-state index >= 15 is 0 Å². The minimum absolute atomic E-state index is 0.0566. The minimum atomic E-state index is -1.22. The van der Waals surface area contributed by atoms with Gasteiger partial charge in [-0.05, 0) is 37.0 Å². The van der Waals surface area contributed by atoms with Gasteiger partial charge in [-0.2, -0.15) is 0 Å². The number of halogens is 1. The number of urea groups is 1. The molecule has 0 saturated heterocycles. The lowest BCUT2D eigenvalue weighted by Gasteiger charge is -2.10. The minimum Gasteiger partial charge on any atom is -0.478 e. The van der Waals surface area contributed by atoms with Crippen molar-refractivity contribution < 1.29 is 19.1 Å². The van der Waals surface area contributed by atoms with Gasteiger partial charge in [0.1, 0.15) is 5.82 Å². The van der Waals surface area contributed by atoms with Gasteiger partial charge < -0.3 is 15.7 Å². The van der Waals surface area contributed by atoms with Crippen molar-refractivity contribution in [2.24, 2.45) is 5.92 Å². The van der Waals surface area contributed by atoms with Gasteiger partial charge >= 0.3 is 12.0 Å². The number of carboxylic acids is 1. The molecule has 0 aliphatic heterocycles. The Bertz CT molecular complexity index is 489. The largest absolute Gasteiger partial charge is 0.478 e. The first-order chi connectivity index (χ1) is 9.40. The molecule has 1 aromatic carbocycles. The van der Waals surface area contributed by atoms with Crippen LogP contribution < -0.4 is 10.6 Å². The predicted octanol–water partition coefficient (Wildman–Crippen LogP) is 3.08. The van der Waals surface area contributed by atoms with E-state index in [9.17, 15) is 14.0 Å². The second-order valence-corrected chi connectivity index (χ2v) is 4.91. The van der Waals surface area contributed by atoms with Gasteiger partial charge in [-0.1, -0.05) is 13.8 Å². The molecule has 0 saturated carbocycles. The average Bonchev–Trinajstić information content (AvgIpc) is 2.34. The number of hydrogen-bond acceptors (Lipinski definition) is 2. The van der Waals surface area contributed by atoms with Crippen LogP contribution >= 0.6 is 0 Å². The summed E-state index contributed by atoms with van der Waals surface area (Å²) in [7, 11) is 0. The molecule has 0 unspecified atom stereocenters. The molecular formula is C14H19FN2O3. The summed E-state index contributed by atoms with van der Waals surface area (Å²) in [6, 6.07) is 2.60. The summed E-state index contributed by atoms with van der Waals surface area (Å²) in [5.74, 6) is -1.27. The molecule has 2 amide bonds. The molecule has 0 aromatic heterocycles. The summed E-state index contributed by atoms with van der Waals surface area (Å²) in [6.07, 6.45) is 1.82. The van der Waals surface area contributed by atoms with Crippen LogP contribution in [0.1, 0.15) is 37.0 Å². The standard InChI is InChI=1S/C14H19FN2O3/c1-9(2)4-3-7-16-14(20)17-12-8-10(15)5-6-11(12)13(18)19/h5-6,8-9H,3-4,7H2,1-2H3,(H,18,19)(H2,16,17,20). The second-order valence-electron chi connectivity index (χ2n) is 4.91. The Morgan fingerprint density at radius 1 is 1.35 bits per heavy atom. The Kier molecular flexibility index (Phi) is 5.96. The average molecular weight is 282 g/mol. The van der Waals surface area contributed by atoms with Crippen molar-refractivity contribution in [2.75, 3.05) is 11.9 Å². The number of benzene rings is 1. The van der Waals surface area contributed by atoms with E-state index in [1.807, 2.05) is 0 Å². The van der Waals surface area contributed by atoms with Crippen LogP contribution in [0.5, 0.6) is 0 Å². The van der Waals surface area contributed by atoms with Crippen LogP contribution in [0.2, 0.25) is 0 Å². The van der Waals surface area contributed by atoms with Gasteiger partial charge in [0.15, 0.2) is 0 Å². The maximum Gasteiger partial charge on any atom is 0.337 e. The molecule has 20 heavy (non-hydrogen) atoms. The summed E-state index contributed by atoms with van der Waals surface area (Å²) in [5.41, 5.74) is -0.206. The number of amides is 2. The fourth-order valence-electron chi connectivity index (χ4n) is 1.69. The maximum absolute atomic E-state index is 13.1. The first-order valence-corrected chi connectivity index (χ1v) is 6.48. The highest BCUT2D eigenvalue weighted by Gasteiger charge is 2.13. The third-order valence-electron chi connectivity index (χ3n) is 2.70. The monoisotopic (exact) mass is 282 g/mol. The van der Waals surface area contributed by atoms with Crippen molar-refractivity contribution in [1.82, 2.24) is 5.32 Å². The number of carbonyl (C=O) groups is 2. The van der Waals surface area contributed by atoms with Gasteiger partial charge in [0, 0.05) is 6.54 Å². The number of carboxylic acid groups (broad SMARTS) is 1. The molecular weight excluding hydrogens is 263 g/mol. The lowest BCUT2D eigenvalue weighted by atomic mass is 10.1. The fourth-order valence-corrected chi connectivity index (χ4v) is 1.69. The maximum atomic E-state index is 13.1. The van der Waals surface area contributed by atoms with E-state index in [1.165, 1.54) is 0 Å². The van der Waals surface area contributed by atoms with Crippen LogP contribution in [0.4, 0.5) is 14.9 Å². The zero-order valence-corrected chi connectivity index (χ0v) is 11.6. The molecule has 1 aromatic rings. The third-order valence-corrected chi connectivity index (χ3v) is 2.70. The molecule has 0 bridgehead atoms. The number of nitrogens with one attached hydrogen (secondary N) is 2. The van der Waals surface area contributed by atoms with Crippen LogP contribution in [0.25, 0.3) is 0 Å².